The monoisotopic (exact) mass is 551 g/mol. The van der Waals surface area contributed by atoms with Gasteiger partial charge in [-0.05, 0) is 60.6 Å². The minimum atomic E-state index is -1.38. The van der Waals surface area contributed by atoms with E-state index in [1.807, 2.05) is 19.1 Å². The lowest BCUT2D eigenvalue weighted by atomic mass is 9.60. The number of benzene rings is 3. The zero-order valence-electron chi connectivity index (χ0n) is 24.3. The molecule has 6 nitrogen and oxygen atoms in total. The number of nitrogens with zero attached hydrogens (tertiary/aromatic N) is 1. The average molecular weight is 551 g/mol. The number of methoxy groups -OCH3 is 1. The standard InChI is InChI=1S/C33H35BFN3O3/c1-19-10-12-23(24(34)14-19)33(18-36)27(16-32(3,4)5)38-30(28(33)22-9-7-8-20(2)29(22)35)31(40)37-25-13-11-21(17-39)15-26(25)41-6/h7-15,17,27-28,30,38H,16H2,1-6H3,(H,37,40)/t27?,28?,30-,33+/m1/s1. The second-order valence-corrected chi connectivity index (χ2v) is 12.1. The molecule has 0 bridgehead atoms. The lowest BCUT2D eigenvalue weighted by Gasteiger charge is -2.38. The van der Waals surface area contributed by atoms with Crippen molar-refractivity contribution in [3.63, 3.8) is 0 Å². The summed E-state index contributed by atoms with van der Waals surface area (Å²) in [5.41, 5.74) is 1.69. The van der Waals surface area contributed by atoms with Crippen molar-refractivity contribution in [3.8, 4) is 11.8 Å². The number of amides is 1. The van der Waals surface area contributed by atoms with Crippen LogP contribution in [0.1, 0.15) is 65.7 Å². The molecule has 1 aliphatic rings. The fourth-order valence-corrected chi connectivity index (χ4v) is 6.04. The molecular weight excluding hydrogens is 516 g/mol. The molecule has 2 unspecified atom stereocenters. The van der Waals surface area contributed by atoms with Crippen molar-refractivity contribution in [1.29, 1.82) is 5.26 Å². The summed E-state index contributed by atoms with van der Waals surface area (Å²) in [6.07, 6.45) is 1.20. The van der Waals surface area contributed by atoms with E-state index in [0.717, 1.165) is 5.56 Å². The van der Waals surface area contributed by atoms with Gasteiger partial charge in [0.2, 0.25) is 5.91 Å². The van der Waals surface area contributed by atoms with Crippen LogP contribution in [0.15, 0.2) is 54.6 Å². The molecule has 0 spiro atoms. The molecule has 3 aromatic rings. The number of nitrogens with one attached hydrogen (secondary N) is 2. The van der Waals surface area contributed by atoms with Crippen LogP contribution in [0.25, 0.3) is 0 Å². The predicted octanol–water partition coefficient (Wildman–Crippen LogP) is 5.02. The molecule has 1 amide bonds. The van der Waals surface area contributed by atoms with Gasteiger partial charge >= 0.3 is 0 Å². The summed E-state index contributed by atoms with van der Waals surface area (Å²) in [5.74, 6) is -1.55. The first kappa shape index (κ1) is 30.0. The quantitative estimate of drug-likeness (QED) is 0.318. The number of halogens is 1. The molecule has 0 aromatic heterocycles. The molecule has 210 valence electrons. The molecular formula is C33H35BFN3O3. The van der Waals surface area contributed by atoms with Gasteiger partial charge in [-0.1, -0.05) is 68.2 Å². The number of carbonyl (C=O) groups is 2. The molecule has 1 aliphatic heterocycles. The summed E-state index contributed by atoms with van der Waals surface area (Å²) in [5, 5.41) is 17.5. The molecule has 8 heteroatoms. The SMILES string of the molecule is [B]c1cc(C)ccc1[C@@]1(C#N)C(CC(C)(C)C)N[C@@H](C(=O)Nc2ccc(C=O)cc2OC)C1c1cccc(C)c1F. The molecule has 2 radical (unpaired) electrons. The number of carbonyl (C=O) groups excluding carboxylic acids is 2. The van der Waals surface area contributed by atoms with Crippen LogP contribution in [0.3, 0.4) is 0 Å². The Bertz CT molecular complexity index is 1530. The highest BCUT2D eigenvalue weighted by Gasteiger charge is 2.60. The van der Waals surface area contributed by atoms with Crippen LogP contribution in [0.2, 0.25) is 0 Å². The Morgan fingerprint density at radius 2 is 1.93 bits per heavy atom. The molecule has 1 saturated heterocycles. The molecule has 1 fully saturated rings. The van der Waals surface area contributed by atoms with Crippen LogP contribution in [0.5, 0.6) is 5.75 Å². The van der Waals surface area contributed by atoms with Crippen molar-refractivity contribution >= 4 is 31.2 Å². The van der Waals surface area contributed by atoms with E-state index in [9.17, 15) is 14.9 Å². The number of nitriles is 1. The van der Waals surface area contributed by atoms with Gasteiger partial charge in [0, 0.05) is 17.5 Å². The summed E-state index contributed by atoms with van der Waals surface area (Å²) in [7, 11) is 8.03. The van der Waals surface area contributed by atoms with Crippen molar-refractivity contribution in [1.82, 2.24) is 5.32 Å². The third-order valence-electron chi connectivity index (χ3n) is 7.87. The van der Waals surface area contributed by atoms with E-state index in [0.29, 0.717) is 46.3 Å². The van der Waals surface area contributed by atoms with Gasteiger partial charge in [0.1, 0.15) is 31.1 Å². The summed E-state index contributed by atoms with van der Waals surface area (Å²) in [4.78, 5) is 25.4. The molecule has 2 N–H and O–H groups in total. The van der Waals surface area contributed by atoms with Gasteiger partial charge in [0.25, 0.3) is 0 Å². The predicted molar refractivity (Wildman–Crippen MR) is 160 cm³/mol. The maximum atomic E-state index is 16.0. The number of hydrogen-bond donors (Lipinski definition) is 2. The summed E-state index contributed by atoms with van der Waals surface area (Å²) in [6, 6.07) is 16.2. The van der Waals surface area contributed by atoms with E-state index in [1.54, 1.807) is 43.3 Å². The van der Waals surface area contributed by atoms with E-state index in [2.05, 4.69) is 37.5 Å². The van der Waals surface area contributed by atoms with Crippen molar-refractivity contribution < 1.29 is 18.7 Å². The van der Waals surface area contributed by atoms with E-state index < -0.39 is 35.1 Å². The van der Waals surface area contributed by atoms with Gasteiger partial charge in [-0.15, -0.1) is 0 Å². The molecule has 4 rings (SSSR count). The summed E-state index contributed by atoms with van der Waals surface area (Å²) >= 11 is 0. The van der Waals surface area contributed by atoms with Crippen LogP contribution in [-0.4, -0.2) is 39.2 Å². The highest BCUT2D eigenvalue weighted by atomic mass is 19.1. The normalized spacial score (nSPS) is 22.1. The maximum Gasteiger partial charge on any atom is 0.242 e. The van der Waals surface area contributed by atoms with Gasteiger partial charge in [-0.3, -0.25) is 9.59 Å². The Balaban J connectivity index is 1.96. The Labute approximate surface area is 242 Å². The smallest absolute Gasteiger partial charge is 0.242 e. The van der Waals surface area contributed by atoms with Crippen molar-refractivity contribution in [2.75, 3.05) is 12.4 Å². The summed E-state index contributed by atoms with van der Waals surface area (Å²) < 4.78 is 21.4. The molecule has 1 heterocycles. The van der Waals surface area contributed by atoms with E-state index in [1.165, 1.54) is 13.2 Å². The van der Waals surface area contributed by atoms with Crippen LogP contribution < -0.4 is 20.8 Å². The fourth-order valence-electron chi connectivity index (χ4n) is 6.04. The lowest BCUT2D eigenvalue weighted by molar-refractivity contribution is -0.118. The Morgan fingerprint density at radius 1 is 1.20 bits per heavy atom. The van der Waals surface area contributed by atoms with Gasteiger partial charge < -0.3 is 15.4 Å². The van der Waals surface area contributed by atoms with Crippen LogP contribution >= 0.6 is 0 Å². The van der Waals surface area contributed by atoms with Crippen LogP contribution in [-0.2, 0) is 10.2 Å². The number of anilines is 1. The molecule has 4 atom stereocenters. The van der Waals surface area contributed by atoms with Gasteiger partial charge in [0.15, 0.2) is 0 Å². The second kappa shape index (κ2) is 11.5. The second-order valence-electron chi connectivity index (χ2n) is 12.1. The maximum absolute atomic E-state index is 16.0. The van der Waals surface area contributed by atoms with E-state index >= 15 is 4.39 Å². The van der Waals surface area contributed by atoms with Crippen molar-refractivity contribution in [3.05, 3.63) is 88.2 Å². The number of hydrogen-bond acceptors (Lipinski definition) is 5. The van der Waals surface area contributed by atoms with Gasteiger partial charge in [-0.2, -0.15) is 5.26 Å². The third kappa shape index (κ3) is 5.64. The molecule has 0 saturated carbocycles. The molecule has 41 heavy (non-hydrogen) atoms. The zero-order valence-corrected chi connectivity index (χ0v) is 24.3. The first-order valence-electron chi connectivity index (χ1n) is 13.6. The minimum absolute atomic E-state index is 0.242. The number of aldehydes is 1. The highest BCUT2D eigenvalue weighted by Crippen LogP contribution is 2.51. The first-order valence-corrected chi connectivity index (χ1v) is 13.6. The van der Waals surface area contributed by atoms with E-state index in [-0.39, 0.29) is 11.0 Å². The van der Waals surface area contributed by atoms with Crippen LogP contribution in [0.4, 0.5) is 10.1 Å². The van der Waals surface area contributed by atoms with E-state index in [4.69, 9.17) is 12.6 Å². The van der Waals surface area contributed by atoms with Gasteiger partial charge in [-0.25, -0.2) is 4.39 Å². The van der Waals surface area contributed by atoms with Crippen LogP contribution in [0, 0.1) is 36.4 Å². The van der Waals surface area contributed by atoms with Crippen molar-refractivity contribution in [2.45, 2.75) is 64.5 Å². The Morgan fingerprint density at radius 3 is 2.54 bits per heavy atom. The largest absolute Gasteiger partial charge is 0.495 e. The highest BCUT2D eigenvalue weighted by molar-refractivity contribution is 6.33. The first-order chi connectivity index (χ1) is 19.4. The Kier molecular flexibility index (Phi) is 8.42. The Hall–Kier alpha value is -3.96. The average Bonchev–Trinajstić information content (AvgIpc) is 3.23. The summed E-state index contributed by atoms with van der Waals surface area (Å²) in [6.45, 7) is 9.76. The number of rotatable bonds is 7. The van der Waals surface area contributed by atoms with Gasteiger partial charge in [0.05, 0.1) is 24.9 Å². The number of ether oxygens (including phenoxy) is 1. The molecule has 3 aromatic carbocycles. The molecule has 0 aliphatic carbocycles. The number of aryl methyl sites for hydroxylation is 2. The third-order valence-corrected chi connectivity index (χ3v) is 7.87. The van der Waals surface area contributed by atoms with Crippen molar-refractivity contribution in [2.24, 2.45) is 5.41 Å². The lowest BCUT2D eigenvalue weighted by Crippen LogP contribution is -2.46. The topological polar surface area (TPSA) is 91.2 Å². The zero-order chi connectivity index (χ0) is 30.1. The minimum Gasteiger partial charge on any atom is -0.495 e. The fraction of sp³-hybridized carbons (Fsp3) is 0.364.